The summed E-state index contributed by atoms with van der Waals surface area (Å²) in [6, 6.07) is 0. The first-order valence-electron chi connectivity index (χ1n) is 8.85. The normalized spacial score (nSPS) is 30.6. The third kappa shape index (κ3) is 7.37. The molecular formula is C16H38O5Si3. The molecule has 1 aliphatic heterocycles. The molecule has 1 saturated heterocycles. The van der Waals surface area contributed by atoms with E-state index in [0.29, 0.717) is 0 Å². The van der Waals surface area contributed by atoms with E-state index in [1.165, 1.54) is 0 Å². The van der Waals surface area contributed by atoms with Gasteiger partial charge in [0.15, 0.2) is 31.2 Å². The van der Waals surface area contributed by atoms with Crippen LogP contribution in [0.25, 0.3) is 0 Å². The molecule has 0 aliphatic carbocycles. The molecule has 8 heteroatoms. The highest BCUT2D eigenvalue weighted by Crippen LogP contribution is 2.34. The Hall–Kier alpha value is 0.451. The van der Waals surface area contributed by atoms with Gasteiger partial charge in [-0.25, -0.2) is 0 Å². The Labute approximate surface area is 151 Å². The van der Waals surface area contributed by atoms with Gasteiger partial charge in [-0.3, -0.25) is 0 Å². The van der Waals surface area contributed by atoms with E-state index in [2.05, 4.69) is 65.8 Å². The van der Waals surface area contributed by atoms with E-state index in [-0.39, 0.29) is 24.4 Å². The Balaban J connectivity index is 3.07. The number of ether oxygens (including phenoxy) is 2. The zero-order valence-electron chi connectivity index (χ0n) is 17.4. The molecule has 0 unspecified atom stereocenters. The first-order chi connectivity index (χ1) is 10.6. The quantitative estimate of drug-likeness (QED) is 0.581. The fourth-order valence-electron chi connectivity index (χ4n) is 2.92. The smallest absolute Gasteiger partial charge is 0.185 e. The lowest BCUT2D eigenvalue weighted by Gasteiger charge is -2.36. The summed E-state index contributed by atoms with van der Waals surface area (Å²) in [6.45, 7) is 21.8. The van der Waals surface area contributed by atoms with Crippen molar-refractivity contribution in [2.45, 2.75) is 96.6 Å². The summed E-state index contributed by atoms with van der Waals surface area (Å²) in [4.78, 5) is 0. The van der Waals surface area contributed by atoms with Crippen molar-refractivity contribution in [1.29, 1.82) is 0 Å². The van der Waals surface area contributed by atoms with Crippen LogP contribution < -0.4 is 0 Å². The average molecular weight is 395 g/mol. The Morgan fingerprint density at radius 3 is 1.58 bits per heavy atom. The van der Waals surface area contributed by atoms with Crippen LogP contribution in [0.2, 0.25) is 58.9 Å². The Bertz CT molecular complexity index is 400. The third-order valence-corrected chi connectivity index (χ3v) is 6.46. The fourth-order valence-corrected chi connectivity index (χ4v) is 6.31. The molecule has 0 aromatic heterocycles. The zero-order valence-corrected chi connectivity index (χ0v) is 20.4. The predicted octanol–water partition coefficient (Wildman–Crippen LogP) is 4.04. The summed E-state index contributed by atoms with van der Waals surface area (Å²) in [5, 5.41) is 0. The lowest BCUT2D eigenvalue weighted by Crippen LogP contribution is -2.51. The van der Waals surface area contributed by atoms with Crippen molar-refractivity contribution in [3.63, 3.8) is 0 Å². The molecule has 1 rings (SSSR count). The molecule has 5 atom stereocenters. The lowest BCUT2D eigenvalue weighted by molar-refractivity contribution is -0.157. The Morgan fingerprint density at radius 2 is 1.21 bits per heavy atom. The van der Waals surface area contributed by atoms with E-state index in [1.54, 1.807) is 7.11 Å². The standard InChI is InChI=1S/C16H38O5Si3/c1-12(19-22(3,4)5)13-14(20-23(6,7)8)15(16(17-2)18-13)21-24(9,10)11/h12-16H,1-11H3/t12-,13+,14+,15-,16+/m0/s1. The monoisotopic (exact) mass is 394 g/mol. The van der Waals surface area contributed by atoms with Crippen molar-refractivity contribution >= 4 is 25.0 Å². The van der Waals surface area contributed by atoms with Gasteiger partial charge >= 0.3 is 0 Å². The van der Waals surface area contributed by atoms with E-state index in [1.807, 2.05) is 0 Å². The van der Waals surface area contributed by atoms with Gasteiger partial charge < -0.3 is 22.8 Å². The van der Waals surface area contributed by atoms with Crippen LogP contribution in [0.5, 0.6) is 0 Å². The molecule has 0 bridgehead atoms. The SMILES string of the molecule is CO[C@@H]1O[C@H]([C@H](C)O[Si](C)(C)C)[C@@H](O[Si](C)(C)C)[C@@H]1O[Si](C)(C)C. The summed E-state index contributed by atoms with van der Waals surface area (Å²) < 4.78 is 31.0. The zero-order chi connectivity index (χ0) is 18.9. The highest BCUT2D eigenvalue weighted by Gasteiger charge is 2.51. The van der Waals surface area contributed by atoms with Crippen LogP contribution in [-0.4, -0.2) is 62.8 Å². The van der Waals surface area contributed by atoms with E-state index >= 15 is 0 Å². The van der Waals surface area contributed by atoms with Crippen LogP contribution in [-0.2, 0) is 22.8 Å². The van der Waals surface area contributed by atoms with Crippen LogP contribution >= 0.6 is 0 Å². The maximum atomic E-state index is 6.50. The van der Waals surface area contributed by atoms with Gasteiger partial charge in [-0.2, -0.15) is 0 Å². The molecule has 0 saturated carbocycles. The van der Waals surface area contributed by atoms with Gasteiger partial charge in [-0.05, 0) is 65.8 Å². The van der Waals surface area contributed by atoms with Crippen molar-refractivity contribution in [2.24, 2.45) is 0 Å². The van der Waals surface area contributed by atoms with Crippen LogP contribution in [0.15, 0.2) is 0 Å². The largest absolute Gasteiger partial charge is 0.412 e. The second kappa shape index (κ2) is 7.99. The second-order valence-electron chi connectivity index (χ2n) is 9.53. The van der Waals surface area contributed by atoms with Gasteiger partial charge in [0.1, 0.15) is 18.3 Å². The molecule has 144 valence electrons. The molecule has 0 amide bonds. The molecule has 5 nitrogen and oxygen atoms in total. The summed E-state index contributed by atoms with van der Waals surface area (Å²) in [7, 11) is -3.54. The average Bonchev–Trinajstić information content (AvgIpc) is 2.61. The van der Waals surface area contributed by atoms with Crippen molar-refractivity contribution in [3.05, 3.63) is 0 Å². The second-order valence-corrected chi connectivity index (χ2v) is 22.9. The minimum atomic E-state index is -1.77. The van der Waals surface area contributed by atoms with Crippen LogP contribution in [0.4, 0.5) is 0 Å². The van der Waals surface area contributed by atoms with Crippen LogP contribution in [0, 0.1) is 0 Å². The fraction of sp³-hybridized carbons (Fsp3) is 1.00. The van der Waals surface area contributed by atoms with Crippen LogP contribution in [0.3, 0.4) is 0 Å². The molecule has 1 aliphatic rings. The highest BCUT2D eigenvalue weighted by atomic mass is 28.4. The number of hydrogen-bond acceptors (Lipinski definition) is 5. The number of rotatable bonds is 8. The summed E-state index contributed by atoms with van der Waals surface area (Å²) in [5.74, 6) is 0. The Morgan fingerprint density at radius 1 is 0.750 bits per heavy atom. The molecule has 1 fully saturated rings. The van der Waals surface area contributed by atoms with E-state index in [4.69, 9.17) is 22.8 Å². The first kappa shape index (κ1) is 22.5. The number of methoxy groups -OCH3 is 1. The van der Waals surface area contributed by atoms with Gasteiger partial charge in [0.2, 0.25) is 0 Å². The molecule has 0 aromatic rings. The van der Waals surface area contributed by atoms with E-state index < -0.39 is 31.2 Å². The Kier molecular flexibility index (Phi) is 7.49. The minimum Gasteiger partial charge on any atom is -0.412 e. The molecular weight excluding hydrogens is 356 g/mol. The van der Waals surface area contributed by atoms with Crippen molar-refractivity contribution in [1.82, 2.24) is 0 Å². The van der Waals surface area contributed by atoms with Gasteiger partial charge in [0.05, 0.1) is 6.10 Å². The first-order valence-corrected chi connectivity index (χ1v) is 19.1. The minimum absolute atomic E-state index is 0.0501. The summed E-state index contributed by atoms with van der Waals surface area (Å²) in [6.07, 6.45) is -0.984. The molecule has 1 heterocycles. The van der Waals surface area contributed by atoms with Gasteiger partial charge in [0, 0.05) is 7.11 Å². The van der Waals surface area contributed by atoms with Crippen LogP contribution in [0.1, 0.15) is 6.92 Å². The third-order valence-electron chi connectivity index (χ3n) is 3.42. The maximum absolute atomic E-state index is 6.50. The highest BCUT2D eigenvalue weighted by molar-refractivity contribution is 6.70. The molecule has 0 aromatic carbocycles. The molecule has 24 heavy (non-hydrogen) atoms. The van der Waals surface area contributed by atoms with Crippen molar-refractivity contribution < 1.29 is 22.8 Å². The van der Waals surface area contributed by atoms with Crippen molar-refractivity contribution in [3.8, 4) is 0 Å². The number of hydrogen-bond donors (Lipinski definition) is 0. The molecule has 0 N–H and O–H groups in total. The van der Waals surface area contributed by atoms with Crippen molar-refractivity contribution in [2.75, 3.05) is 7.11 Å². The van der Waals surface area contributed by atoms with E-state index in [0.717, 1.165) is 0 Å². The van der Waals surface area contributed by atoms with Gasteiger partial charge in [0.25, 0.3) is 0 Å². The summed E-state index contributed by atoms with van der Waals surface area (Å²) in [5.41, 5.74) is 0. The van der Waals surface area contributed by atoms with Gasteiger partial charge in [-0.1, -0.05) is 0 Å². The topological polar surface area (TPSA) is 46.2 Å². The molecule has 0 spiro atoms. The van der Waals surface area contributed by atoms with E-state index in [9.17, 15) is 0 Å². The maximum Gasteiger partial charge on any atom is 0.185 e. The van der Waals surface area contributed by atoms with Gasteiger partial charge in [-0.15, -0.1) is 0 Å². The lowest BCUT2D eigenvalue weighted by atomic mass is 10.1. The predicted molar refractivity (Wildman–Crippen MR) is 106 cm³/mol. The summed E-state index contributed by atoms with van der Waals surface area (Å²) >= 11 is 0. The molecule has 0 radical (unpaired) electrons.